The Morgan fingerprint density at radius 2 is 1.67 bits per heavy atom. The number of amides is 2. The third kappa shape index (κ3) is 3.95. The Kier molecular flexibility index (Phi) is 4.81. The smallest absolute Gasteiger partial charge is 0.271 e. The zero-order valence-corrected chi connectivity index (χ0v) is 15.6. The molecule has 1 aromatic carbocycles. The maximum Gasteiger partial charge on any atom is 0.271 e. The highest BCUT2D eigenvalue weighted by molar-refractivity contribution is 7.09. The fourth-order valence-electron chi connectivity index (χ4n) is 3.30. The number of carbonyl (C=O) groups excluding carboxylic acids is 2. The van der Waals surface area contributed by atoms with E-state index >= 15 is 0 Å². The van der Waals surface area contributed by atoms with Crippen LogP contribution in [0.15, 0.2) is 35.8 Å². The van der Waals surface area contributed by atoms with Crippen molar-refractivity contribution in [1.29, 1.82) is 0 Å². The number of nitrogens with one attached hydrogen (secondary N) is 2. The SMILES string of the molecule is Cc1nc(C(=O)N[C@@H]2CC[C@H](NC(=O)c3cnc4ccccc4n3)C2)cs1. The third-order valence-electron chi connectivity index (χ3n) is 4.64. The summed E-state index contributed by atoms with van der Waals surface area (Å²) in [5, 5.41) is 8.63. The molecule has 2 heterocycles. The predicted molar refractivity (Wildman–Crippen MR) is 103 cm³/mol. The van der Waals surface area contributed by atoms with Gasteiger partial charge in [-0.1, -0.05) is 12.1 Å². The second kappa shape index (κ2) is 7.40. The quantitative estimate of drug-likeness (QED) is 0.724. The highest BCUT2D eigenvalue weighted by atomic mass is 32.1. The Labute approximate surface area is 160 Å². The molecule has 4 rings (SSSR count). The second-order valence-electron chi connectivity index (χ2n) is 6.65. The summed E-state index contributed by atoms with van der Waals surface area (Å²) in [4.78, 5) is 37.6. The van der Waals surface area contributed by atoms with Gasteiger partial charge < -0.3 is 10.6 Å². The van der Waals surface area contributed by atoms with Crippen LogP contribution in [-0.2, 0) is 0 Å². The van der Waals surface area contributed by atoms with E-state index in [0.29, 0.717) is 23.3 Å². The maximum atomic E-state index is 12.5. The highest BCUT2D eigenvalue weighted by Gasteiger charge is 2.28. The van der Waals surface area contributed by atoms with Gasteiger partial charge >= 0.3 is 0 Å². The van der Waals surface area contributed by atoms with Crippen LogP contribution in [0.4, 0.5) is 0 Å². The van der Waals surface area contributed by atoms with Gasteiger partial charge in [0.25, 0.3) is 11.8 Å². The van der Waals surface area contributed by atoms with E-state index in [4.69, 9.17) is 0 Å². The van der Waals surface area contributed by atoms with Crippen LogP contribution in [0.2, 0.25) is 0 Å². The van der Waals surface area contributed by atoms with Crippen LogP contribution in [0.5, 0.6) is 0 Å². The van der Waals surface area contributed by atoms with Crippen molar-refractivity contribution in [2.45, 2.75) is 38.3 Å². The molecule has 2 amide bonds. The van der Waals surface area contributed by atoms with E-state index < -0.39 is 0 Å². The average Bonchev–Trinajstić information content (AvgIpc) is 3.30. The van der Waals surface area contributed by atoms with E-state index in [1.807, 2.05) is 31.2 Å². The molecule has 1 aliphatic rings. The zero-order valence-electron chi connectivity index (χ0n) is 14.8. The van der Waals surface area contributed by atoms with Crippen molar-refractivity contribution in [2.75, 3.05) is 0 Å². The number of benzene rings is 1. The van der Waals surface area contributed by atoms with E-state index in [9.17, 15) is 9.59 Å². The number of fused-ring (bicyclic) bond motifs is 1. The summed E-state index contributed by atoms with van der Waals surface area (Å²) in [6, 6.07) is 7.49. The van der Waals surface area contributed by atoms with E-state index in [2.05, 4.69) is 25.6 Å². The molecule has 0 radical (unpaired) electrons. The van der Waals surface area contributed by atoms with Gasteiger partial charge in [0.2, 0.25) is 0 Å². The first-order chi connectivity index (χ1) is 13.1. The molecule has 2 aromatic heterocycles. The van der Waals surface area contributed by atoms with Gasteiger partial charge in [-0.05, 0) is 38.3 Å². The van der Waals surface area contributed by atoms with Crippen molar-refractivity contribution in [3.8, 4) is 0 Å². The maximum absolute atomic E-state index is 12.5. The lowest BCUT2D eigenvalue weighted by molar-refractivity contribution is 0.0931. The number of para-hydroxylation sites is 2. The van der Waals surface area contributed by atoms with Crippen molar-refractivity contribution in [3.05, 3.63) is 52.2 Å². The molecule has 8 heteroatoms. The lowest BCUT2D eigenvalue weighted by Gasteiger charge is -2.14. The van der Waals surface area contributed by atoms with Crippen LogP contribution >= 0.6 is 11.3 Å². The molecule has 138 valence electrons. The number of hydrogen-bond donors (Lipinski definition) is 2. The summed E-state index contributed by atoms with van der Waals surface area (Å²) in [6.45, 7) is 1.87. The molecule has 1 fully saturated rings. The summed E-state index contributed by atoms with van der Waals surface area (Å²) < 4.78 is 0. The topological polar surface area (TPSA) is 96.9 Å². The minimum absolute atomic E-state index is 0.00763. The van der Waals surface area contributed by atoms with E-state index in [0.717, 1.165) is 23.4 Å². The standard InChI is InChI=1S/C19H19N5O2S/c1-11-21-17(10-27-11)19(26)23-13-7-6-12(8-13)22-18(25)16-9-20-14-4-2-3-5-15(14)24-16/h2-5,9-10,12-13H,6-8H2,1H3,(H,22,25)(H,23,26)/t12-,13+/m0/s1. The number of thiazole rings is 1. The first-order valence-electron chi connectivity index (χ1n) is 8.84. The van der Waals surface area contributed by atoms with Crippen LogP contribution < -0.4 is 10.6 Å². The fraction of sp³-hybridized carbons (Fsp3) is 0.316. The molecule has 1 saturated carbocycles. The molecular weight excluding hydrogens is 362 g/mol. The van der Waals surface area contributed by atoms with Gasteiger partial charge in [0, 0.05) is 17.5 Å². The number of rotatable bonds is 4. The second-order valence-corrected chi connectivity index (χ2v) is 7.71. The molecule has 1 aliphatic carbocycles. The lowest BCUT2D eigenvalue weighted by Crippen LogP contribution is -2.37. The van der Waals surface area contributed by atoms with Crippen molar-refractivity contribution in [3.63, 3.8) is 0 Å². The number of hydrogen-bond acceptors (Lipinski definition) is 6. The zero-order chi connectivity index (χ0) is 18.8. The number of carbonyl (C=O) groups is 2. The van der Waals surface area contributed by atoms with Crippen LogP contribution in [0.25, 0.3) is 11.0 Å². The summed E-state index contributed by atoms with van der Waals surface area (Å²) in [6.07, 6.45) is 3.83. The molecule has 0 saturated heterocycles. The van der Waals surface area contributed by atoms with Gasteiger partial charge in [0.05, 0.1) is 22.2 Å². The van der Waals surface area contributed by atoms with Gasteiger partial charge in [-0.15, -0.1) is 11.3 Å². The fourth-order valence-corrected chi connectivity index (χ4v) is 3.89. The van der Waals surface area contributed by atoms with Gasteiger partial charge in [0.15, 0.2) is 0 Å². The first kappa shape index (κ1) is 17.5. The van der Waals surface area contributed by atoms with Gasteiger partial charge in [-0.3, -0.25) is 14.6 Å². The van der Waals surface area contributed by atoms with Crippen LogP contribution in [-0.4, -0.2) is 38.8 Å². The Bertz CT molecular complexity index is 1000. The van der Waals surface area contributed by atoms with E-state index in [1.165, 1.54) is 17.5 Å². The van der Waals surface area contributed by atoms with Gasteiger partial charge in [-0.2, -0.15) is 0 Å². The normalized spacial score (nSPS) is 19.1. The van der Waals surface area contributed by atoms with Crippen molar-refractivity contribution in [1.82, 2.24) is 25.6 Å². The molecule has 0 bridgehead atoms. The van der Waals surface area contributed by atoms with E-state index in [-0.39, 0.29) is 23.9 Å². The molecule has 7 nitrogen and oxygen atoms in total. The molecule has 27 heavy (non-hydrogen) atoms. The van der Waals surface area contributed by atoms with E-state index in [1.54, 1.807) is 5.38 Å². The molecule has 0 aliphatic heterocycles. The number of aromatic nitrogens is 3. The Morgan fingerprint density at radius 3 is 2.33 bits per heavy atom. The highest BCUT2D eigenvalue weighted by Crippen LogP contribution is 2.20. The Morgan fingerprint density at radius 1 is 1.00 bits per heavy atom. The van der Waals surface area contributed by atoms with Gasteiger partial charge in [0.1, 0.15) is 11.4 Å². The minimum atomic E-state index is -0.236. The molecular formula is C19H19N5O2S. The van der Waals surface area contributed by atoms with Crippen molar-refractivity contribution < 1.29 is 9.59 Å². The van der Waals surface area contributed by atoms with Crippen molar-refractivity contribution in [2.24, 2.45) is 0 Å². The predicted octanol–water partition coefficient (Wildman–Crippen LogP) is 2.48. The van der Waals surface area contributed by atoms with Crippen LogP contribution in [0.1, 0.15) is 45.2 Å². The molecule has 2 N–H and O–H groups in total. The molecule has 0 unspecified atom stereocenters. The Balaban J connectivity index is 1.34. The van der Waals surface area contributed by atoms with Crippen molar-refractivity contribution >= 4 is 34.2 Å². The number of aryl methyl sites for hydroxylation is 1. The average molecular weight is 381 g/mol. The van der Waals surface area contributed by atoms with Crippen LogP contribution in [0, 0.1) is 6.92 Å². The lowest BCUT2D eigenvalue weighted by atomic mass is 10.2. The summed E-state index contributed by atoms with van der Waals surface area (Å²) in [7, 11) is 0. The van der Waals surface area contributed by atoms with Gasteiger partial charge in [-0.25, -0.2) is 9.97 Å². The monoisotopic (exact) mass is 381 g/mol. The third-order valence-corrected chi connectivity index (χ3v) is 5.41. The largest absolute Gasteiger partial charge is 0.348 e. The summed E-state index contributed by atoms with van der Waals surface area (Å²) >= 11 is 1.46. The molecule has 0 spiro atoms. The first-order valence-corrected chi connectivity index (χ1v) is 9.72. The molecule has 3 aromatic rings. The molecule has 2 atom stereocenters. The summed E-state index contributed by atoms with van der Waals surface area (Å²) in [5.41, 5.74) is 2.21. The summed E-state index contributed by atoms with van der Waals surface area (Å²) in [5.74, 6) is -0.392. The minimum Gasteiger partial charge on any atom is -0.348 e. The van der Waals surface area contributed by atoms with Crippen LogP contribution in [0.3, 0.4) is 0 Å². The number of nitrogens with zero attached hydrogens (tertiary/aromatic N) is 3. The Hall–Kier alpha value is -2.87.